The summed E-state index contributed by atoms with van der Waals surface area (Å²) in [5.74, 6) is -0.925. The van der Waals surface area contributed by atoms with Crippen molar-refractivity contribution in [2.45, 2.75) is 135 Å². The number of hydrogen-bond acceptors (Lipinski definition) is 12. The SMILES string of the molecule is CCC(C(=O)OCCl)c1ccccc1.O=C(CC1CCCCC1)OCCl.O=C(CCC1CCCCC1)OCCl.O=C(CCC1CCOCC1)OCCl.O=C(OCCl)C(F)F.O=Cc1ccc(F)cc1. The molecule has 1 saturated heterocycles. The molecule has 2 aromatic carbocycles. The quantitative estimate of drug-likeness (QED) is 0.0603. The standard InChI is InChI=1S/C11H13ClO2.C10H17ClO2.C9H15ClO3.C9H15ClO2.C7H5FO.C3H3ClF2O2/c1-2-10(11(13)14-8-12)9-6-4-3-5-7-9;11-8-13-10(12)7-6-9-4-2-1-3-5-9;10-7-13-9(11)2-1-8-3-5-12-6-4-8;10-7-12-9(11)6-8-4-2-1-3-5-8;8-7-3-1-6(5-9)2-4-7;4-1-8-3(7)2(5)6/h3-7,10H,2,8H2,1H3;9H,1-8H2;8H,1-7H2;8H,1-7H2;1-5H;2H,1H2. The monoisotopic (exact) mass is 1080 g/mol. The maximum Gasteiger partial charge on any atom is 0.375 e. The molecule has 2 aliphatic carbocycles. The predicted molar refractivity (Wildman–Crippen MR) is 261 cm³/mol. The summed E-state index contributed by atoms with van der Waals surface area (Å²) in [6.45, 7) is 3.61. The van der Waals surface area contributed by atoms with Gasteiger partial charge in [-0.05, 0) is 92.5 Å². The Morgan fingerprint density at radius 3 is 1.45 bits per heavy atom. The smallest absolute Gasteiger partial charge is 0.375 e. The van der Waals surface area contributed by atoms with Crippen LogP contribution in [0.3, 0.4) is 0 Å². The molecule has 2 saturated carbocycles. The van der Waals surface area contributed by atoms with Crippen molar-refractivity contribution in [2.75, 3.05) is 43.5 Å². The Labute approximate surface area is 430 Å². The highest BCUT2D eigenvalue weighted by Crippen LogP contribution is 2.28. The lowest BCUT2D eigenvalue weighted by molar-refractivity contribution is -0.154. The summed E-state index contributed by atoms with van der Waals surface area (Å²) >= 11 is 25.9. The topological polar surface area (TPSA) is 158 Å². The lowest BCUT2D eigenvalue weighted by Crippen LogP contribution is -2.17. The molecule has 0 N–H and O–H groups in total. The van der Waals surface area contributed by atoms with Gasteiger partial charge in [-0.2, -0.15) is 8.78 Å². The number of halogens is 8. The molecule has 1 atom stereocenters. The molecule has 69 heavy (non-hydrogen) atoms. The lowest BCUT2D eigenvalue weighted by atomic mass is 9.86. The summed E-state index contributed by atoms with van der Waals surface area (Å²) in [7, 11) is 0. The molecule has 0 amide bonds. The van der Waals surface area contributed by atoms with E-state index in [1.165, 1.54) is 88.5 Å². The highest BCUT2D eigenvalue weighted by molar-refractivity contribution is 6.18. The van der Waals surface area contributed by atoms with Gasteiger partial charge in [0.25, 0.3) is 0 Å². The highest BCUT2D eigenvalue weighted by Gasteiger charge is 2.20. The molecule has 0 aromatic heterocycles. The van der Waals surface area contributed by atoms with Gasteiger partial charge in [0.2, 0.25) is 0 Å². The van der Waals surface area contributed by atoms with Gasteiger partial charge in [-0.3, -0.25) is 24.0 Å². The van der Waals surface area contributed by atoms with E-state index < -0.39 is 18.5 Å². The van der Waals surface area contributed by atoms with Crippen LogP contribution in [0.2, 0.25) is 0 Å². The Balaban J connectivity index is 0.000000812. The van der Waals surface area contributed by atoms with Crippen LogP contribution in [0.1, 0.15) is 144 Å². The summed E-state index contributed by atoms with van der Waals surface area (Å²) in [5.41, 5.74) is 1.47. The van der Waals surface area contributed by atoms with Crippen LogP contribution < -0.4 is 0 Å². The zero-order valence-electron chi connectivity index (χ0n) is 39.3. The highest BCUT2D eigenvalue weighted by atomic mass is 35.5. The average Bonchev–Trinajstić information content (AvgIpc) is 3.36. The summed E-state index contributed by atoms with van der Waals surface area (Å²) in [4.78, 5) is 64.1. The van der Waals surface area contributed by atoms with E-state index in [1.54, 1.807) is 0 Å². The van der Waals surface area contributed by atoms with Crippen molar-refractivity contribution >= 4 is 94.1 Å². The number of alkyl halides is 7. The first-order chi connectivity index (χ1) is 33.3. The summed E-state index contributed by atoms with van der Waals surface area (Å²) in [5, 5.41) is 0. The molecule has 1 heterocycles. The number of carbonyl (C=O) groups is 6. The number of rotatable bonds is 18. The number of hydrogen-bond donors (Lipinski definition) is 0. The molecule has 12 nitrogen and oxygen atoms in total. The minimum absolute atomic E-state index is 0.00838. The van der Waals surface area contributed by atoms with Crippen LogP contribution in [-0.4, -0.2) is 86.1 Å². The van der Waals surface area contributed by atoms with Gasteiger partial charge in [-0.15, -0.1) is 0 Å². The third kappa shape index (κ3) is 36.3. The minimum Gasteiger partial charge on any atom is -0.449 e. The lowest BCUT2D eigenvalue weighted by Gasteiger charge is -2.21. The Bertz CT molecular complexity index is 1600. The van der Waals surface area contributed by atoms with Crippen LogP contribution in [-0.2, 0) is 52.4 Å². The number of benzene rings is 2. The molecular weight excluding hydrogens is 1010 g/mol. The fourth-order valence-corrected chi connectivity index (χ4v) is 7.78. The van der Waals surface area contributed by atoms with Gasteiger partial charge in [0, 0.05) is 38.0 Å². The van der Waals surface area contributed by atoms with E-state index in [0.717, 1.165) is 56.8 Å². The van der Waals surface area contributed by atoms with Crippen LogP contribution in [0.4, 0.5) is 13.2 Å². The first kappa shape index (κ1) is 65.7. The van der Waals surface area contributed by atoms with Crippen LogP contribution in [0.15, 0.2) is 54.6 Å². The van der Waals surface area contributed by atoms with Crippen LogP contribution in [0, 0.1) is 23.6 Å². The molecule has 0 radical (unpaired) electrons. The predicted octanol–water partition coefficient (Wildman–Crippen LogP) is 13.3. The Kier molecular flexibility index (Phi) is 42.4. The number of carbonyl (C=O) groups excluding carboxylic acids is 6. The van der Waals surface area contributed by atoms with Gasteiger partial charge in [0.1, 0.15) is 12.1 Å². The molecule has 1 aliphatic heterocycles. The molecule has 1 unspecified atom stereocenters. The van der Waals surface area contributed by atoms with Crippen molar-refractivity contribution < 1.29 is 70.4 Å². The molecule has 20 heteroatoms. The van der Waals surface area contributed by atoms with Crippen molar-refractivity contribution in [1.29, 1.82) is 0 Å². The molecule has 0 spiro atoms. The Hall–Kier alpha value is -3.34. The van der Waals surface area contributed by atoms with E-state index in [2.05, 4.69) is 18.9 Å². The first-order valence-corrected chi connectivity index (χ1v) is 25.7. The second-order valence-corrected chi connectivity index (χ2v) is 16.8. The molecule has 392 valence electrons. The summed E-state index contributed by atoms with van der Waals surface area (Å²) in [6.07, 6.45) is 16.7. The number of esters is 5. The molecule has 0 bridgehead atoms. The summed E-state index contributed by atoms with van der Waals surface area (Å²) in [6, 6.07) is 14.3. The maximum atomic E-state index is 12.1. The third-order valence-corrected chi connectivity index (χ3v) is 11.4. The van der Waals surface area contributed by atoms with E-state index in [0.29, 0.717) is 42.9 Å². The normalized spacial score (nSPS) is 15.0. The average molecular weight is 1080 g/mol. The second kappa shape index (κ2) is 44.6. The second-order valence-electron chi connectivity index (χ2n) is 15.7. The maximum absolute atomic E-state index is 12.1. The molecule has 2 aromatic rings. The van der Waals surface area contributed by atoms with Gasteiger partial charge < -0.3 is 28.4 Å². The van der Waals surface area contributed by atoms with Crippen LogP contribution in [0.5, 0.6) is 0 Å². The van der Waals surface area contributed by atoms with Gasteiger partial charge in [0.05, 0.1) is 5.92 Å². The Morgan fingerprint density at radius 1 is 0.594 bits per heavy atom. The zero-order valence-corrected chi connectivity index (χ0v) is 43.0. The molecule has 3 fully saturated rings. The van der Waals surface area contributed by atoms with E-state index in [1.807, 2.05) is 37.3 Å². The van der Waals surface area contributed by atoms with Gasteiger partial charge >= 0.3 is 36.3 Å². The molecule has 5 rings (SSSR count). The summed E-state index contributed by atoms with van der Waals surface area (Å²) < 4.78 is 61.9. The van der Waals surface area contributed by atoms with Crippen molar-refractivity contribution in [2.24, 2.45) is 17.8 Å². The van der Waals surface area contributed by atoms with E-state index in [4.69, 9.17) is 67.5 Å². The van der Waals surface area contributed by atoms with Gasteiger partial charge in [-0.1, -0.05) is 147 Å². The van der Waals surface area contributed by atoms with Crippen molar-refractivity contribution in [3.8, 4) is 0 Å². The van der Waals surface area contributed by atoms with Crippen LogP contribution in [0.25, 0.3) is 0 Å². The molecular formula is C49H68Cl5F3O12. The van der Waals surface area contributed by atoms with E-state index in [-0.39, 0.29) is 59.9 Å². The third-order valence-electron chi connectivity index (χ3n) is 10.9. The number of aldehydes is 1. The molecule has 3 aliphatic rings. The number of ether oxygens (including phenoxy) is 6. The van der Waals surface area contributed by atoms with Gasteiger partial charge in [0.15, 0.2) is 30.3 Å². The minimum atomic E-state index is -3.08. The zero-order chi connectivity index (χ0) is 51.5. The fourth-order valence-electron chi connectivity index (χ4n) is 7.20. The van der Waals surface area contributed by atoms with Crippen LogP contribution >= 0.6 is 58.0 Å². The van der Waals surface area contributed by atoms with Crippen molar-refractivity contribution in [1.82, 2.24) is 0 Å². The van der Waals surface area contributed by atoms with E-state index in [9.17, 15) is 41.9 Å². The Morgan fingerprint density at radius 2 is 1.03 bits per heavy atom. The largest absolute Gasteiger partial charge is 0.449 e. The van der Waals surface area contributed by atoms with Crippen molar-refractivity contribution in [3.05, 3.63) is 71.5 Å². The fraction of sp³-hybridized carbons (Fsp3) is 0.633. The van der Waals surface area contributed by atoms with Gasteiger partial charge in [-0.25, -0.2) is 9.18 Å². The first-order valence-electron chi connectivity index (χ1n) is 23.0. The van der Waals surface area contributed by atoms with E-state index >= 15 is 0 Å². The van der Waals surface area contributed by atoms with Crippen molar-refractivity contribution in [3.63, 3.8) is 0 Å².